The van der Waals surface area contributed by atoms with Crippen LogP contribution in [0.15, 0.2) is 27.6 Å². The van der Waals surface area contributed by atoms with Crippen molar-refractivity contribution in [1.82, 2.24) is 14.8 Å². The molecule has 0 bridgehead atoms. The van der Waals surface area contributed by atoms with Crippen LogP contribution in [0.1, 0.15) is 22.0 Å². The second kappa shape index (κ2) is 5.75. The highest BCUT2D eigenvalue weighted by atomic mass is 79.9. The highest BCUT2D eigenvalue weighted by Gasteiger charge is 2.12. The summed E-state index contributed by atoms with van der Waals surface area (Å²) in [5.41, 5.74) is 0.298. The molecule has 7 heteroatoms. The van der Waals surface area contributed by atoms with Crippen LogP contribution in [0.25, 0.3) is 0 Å². The zero-order valence-corrected chi connectivity index (χ0v) is 12.8. The van der Waals surface area contributed by atoms with Crippen LogP contribution in [0.5, 0.6) is 0 Å². The standard InChI is InChI=1S/C12H12BrN3O2S/c1-7-14-15-11(16(7)2)6-19-10-5-8(13)3-4-9(10)12(17)18/h3-5H,6H2,1-2H3,(H,17,18). The molecular formula is C12H12BrN3O2S. The molecule has 1 N–H and O–H groups in total. The number of aryl methyl sites for hydroxylation is 1. The third-order valence-corrected chi connectivity index (χ3v) is 4.26. The van der Waals surface area contributed by atoms with E-state index in [-0.39, 0.29) is 0 Å². The number of nitrogens with zero attached hydrogens (tertiary/aromatic N) is 3. The fraction of sp³-hybridized carbons (Fsp3) is 0.250. The van der Waals surface area contributed by atoms with Crippen molar-refractivity contribution < 1.29 is 9.90 Å². The molecule has 0 unspecified atom stereocenters. The molecule has 0 atom stereocenters. The fourth-order valence-electron chi connectivity index (χ4n) is 1.51. The fourth-order valence-corrected chi connectivity index (χ4v) is 3.08. The Morgan fingerprint density at radius 3 is 2.79 bits per heavy atom. The number of hydrogen-bond donors (Lipinski definition) is 1. The average molecular weight is 342 g/mol. The second-order valence-corrected chi connectivity index (χ2v) is 5.89. The van der Waals surface area contributed by atoms with Crippen LogP contribution in [-0.2, 0) is 12.8 Å². The summed E-state index contributed by atoms with van der Waals surface area (Å²) in [5, 5.41) is 17.2. The average Bonchev–Trinajstić information content (AvgIpc) is 2.67. The maximum Gasteiger partial charge on any atom is 0.336 e. The van der Waals surface area contributed by atoms with E-state index in [1.54, 1.807) is 18.2 Å². The van der Waals surface area contributed by atoms with E-state index in [0.717, 1.165) is 16.1 Å². The normalized spacial score (nSPS) is 10.7. The van der Waals surface area contributed by atoms with Crippen molar-refractivity contribution in [3.63, 3.8) is 0 Å². The predicted octanol–water partition coefficient (Wildman–Crippen LogP) is 2.88. The Morgan fingerprint density at radius 2 is 2.21 bits per heavy atom. The van der Waals surface area contributed by atoms with Gasteiger partial charge in [0.2, 0.25) is 0 Å². The Kier molecular flexibility index (Phi) is 4.26. The first-order valence-corrected chi connectivity index (χ1v) is 7.27. The summed E-state index contributed by atoms with van der Waals surface area (Å²) in [4.78, 5) is 11.9. The maximum atomic E-state index is 11.2. The van der Waals surface area contributed by atoms with Crippen LogP contribution < -0.4 is 0 Å². The van der Waals surface area contributed by atoms with Gasteiger partial charge in [0.05, 0.1) is 11.3 Å². The molecule has 0 saturated heterocycles. The first-order chi connectivity index (χ1) is 8.99. The lowest BCUT2D eigenvalue weighted by Crippen LogP contribution is -2.01. The number of carbonyl (C=O) groups is 1. The molecule has 0 saturated carbocycles. The number of rotatable bonds is 4. The Bertz CT molecular complexity index is 627. The van der Waals surface area contributed by atoms with E-state index in [4.69, 9.17) is 5.11 Å². The van der Waals surface area contributed by atoms with E-state index in [9.17, 15) is 4.79 Å². The van der Waals surface area contributed by atoms with E-state index < -0.39 is 5.97 Å². The summed E-state index contributed by atoms with van der Waals surface area (Å²) in [7, 11) is 1.89. The molecule has 5 nitrogen and oxygen atoms in total. The van der Waals surface area contributed by atoms with Gasteiger partial charge in [-0.25, -0.2) is 4.79 Å². The lowest BCUT2D eigenvalue weighted by Gasteiger charge is -2.06. The number of thioether (sulfide) groups is 1. The van der Waals surface area contributed by atoms with Crippen LogP contribution in [0.4, 0.5) is 0 Å². The van der Waals surface area contributed by atoms with E-state index in [1.807, 2.05) is 18.5 Å². The van der Waals surface area contributed by atoms with Gasteiger partial charge in [-0.15, -0.1) is 22.0 Å². The van der Waals surface area contributed by atoms with Gasteiger partial charge in [0, 0.05) is 16.4 Å². The van der Waals surface area contributed by atoms with Crippen LogP contribution in [0.2, 0.25) is 0 Å². The van der Waals surface area contributed by atoms with Gasteiger partial charge in [-0.3, -0.25) is 0 Å². The van der Waals surface area contributed by atoms with Crippen molar-refractivity contribution in [3.05, 3.63) is 39.9 Å². The van der Waals surface area contributed by atoms with Crippen molar-refractivity contribution >= 4 is 33.7 Å². The molecule has 2 rings (SSSR count). The van der Waals surface area contributed by atoms with Crippen molar-refractivity contribution in [1.29, 1.82) is 0 Å². The SMILES string of the molecule is Cc1nnc(CSc2cc(Br)ccc2C(=O)O)n1C. The molecule has 2 aromatic rings. The van der Waals surface area contributed by atoms with E-state index in [2.05, 4.69) is 26.1 Å². The number of aromatic nitrogens is 3. The molecule has 1 heterocycles. The smallest absolute Gasteiger partial charge is 0.336 e. The van der Waals surface area contributed by atoms with Gasteiger partial charge in [-0.05, 0) is 25.1 Å². The van der Waals surface area contributed by atoms with Gasteiger partial charge in [0.15, 0.2) is 0 Å². The molecule has 0 spiro atoms. The van der Waals surface area contributed by atoms with Crippen molar-refractivity contribution in [2.24, 2.45) is 7.05 Å². The molecule has 0 aliphatic rings. The summed E-state index contributed by atoms with van der Waals surface area (Å²) in [5.74, 6) is 1.31. The number of carboxylic acid groups (broad SMARTS) is 1. The molecule has 0 amide bonds. The van der Waals surface area contributed by atoms with E-state index >= 15 is 0 Å². The number of hydrogen-bond acceptors (Lipinski definition) is 4. The minimum absolute atomic E-state index is 0.298. The monoisotopic (exact) mass is 341 g/mol. The Morgan fingerprint density at radius 1 is 1.47 bits per heavy atom. The summed E-state index contributed by atoms with van der Waals surface area (Å²) in [6.45, 7) is 1.88. The third kappa shape index (κ3) is 3.16. The van der Waals surface area contributed by atoms with Gasteiger partial charge < -0.3 is 9.67 Å². The number of benzene rings is 1. The molecule has 0 radical (unpaired) electrons. The van der Waals surface area contributed by atoms with E-state index in [0.29, 0.717) is 16.2 Å². The predicted molar refractivity (Wildman–Crippen MR) is 76.4 cm³/mol. The largest absolute Gasteiger partial charge is 0.478 e. The van der Waals surface area contributed by atoms with Crippen LogP contribution >= 0.6 is 27.7 Å². The van der Waals surface area contributed by atoms with Gasteiger partial charge in [-0.2, -0.15) is 0 Å². The van der Waals surface area contributed by atoms with Crippen molar-refractivity contribution in [3.8, 4) is 0 Å². The van der Waals surface area contributed by atoms with Crippen LogP contribution in [-0.4, -0.2) is 25.8 Å². The number of carboxylic acids is 1. The van der Waals surface area contributed by atoms with Gasteiger partial charge in [0.1, 0.15) is 11.6 Å². The molecule has 0 fully saturated rings. The minimum Gasteiger partial charge on any atom is -0.478 e. The van der Waals surface area contributed by atoms with Gasteiger partial charge in [-0.1, -0.05) is 15.9 Å². The highest BCUT2D eigenvalue weighted by Crippen LogP contribution is 2.28. The number of halogens is 1. The van der Waals surface area contributed by atoms with Crippen LogP contribution in [0, 0.1) is 6.92 Å². The molecule has 1 aromatic carbocycles. The molecule has 0 aliphatic heterocycles. The Hall–Kier alpha value is -1.34. The van der Waals surface area contributed by atoms with Crippen LogP contribution in [0.3, 0.4) is 0 Å². The summed E-state index contributed by atoms with van der Waals surface area (Å²) in [6, 6.07) is 5.12. The third-order valence-electron chi connectivity index (χ3n) is 2.71. The number of aromatic carboxylic acids is 1. The van der Waals surface area contributed by atoms with Gasteiger partial charge >= 0.3 is 5.97 Å². The lowest BCUT2D eigenvalue weighted by atomic mass is 10.2. The molecule has 100 valence electrons. The first-order valence-electron chi connectivity index (χ1n) is 5.49. The van der Waals surface area contributed by atoms with E-state index in [1.165, 1.54) is 11.8 Å². The first kappa shape index (κ1) is 14.1. The van der Waals surface area contributed by atoms with Gasteiger partial charge in [0.25, 0.3) is 0 Å². The topological polar surface area (TPSA) is 68.0 Å². The summed E-state index contributed by atoms with van der Waals surface area (Å²) in [6.07, 6.45) is 0. The maximum absolute atomic E-state index is 11.2. The Labute approximate surface area is 123 Å². The molecule has 19 heavy (non-hydrogen) atoms. The van der Waals surface area contributed by atoms with Crippen molar-refractivity contribution in [2.75, 3.05) is 0 Å². The zero-order valence-electron chi connectivity index (χ0n) is 10.4. The zero-order chi connectivity index (χ0) is 14.0. The second-order valence-electron chi connectivity index (χ2n) is 3.96. The molecule has 1 aromatic heterocycles. The quantitative estimate of drug-likeness (QED) is 0.866. The summed E-state index contributed by atoms with van der Waals surface area (Å²) >= 11 is 4.79. The lowest BCUT2D eigenvalue weighted by molar-refractivity contribution is 0.0693. The Balaban J connectivity index is 2.21. The molecular weight excluding hydrogens is 330 g/mol. The minimum atomic E-state index is -0.927. The van der Waals surface area contributed by atoms with Crippen molar-refractivity contribution in [2.45, 2.75) is 17.6 Å². The highest BCUT2D eigenvalue weighted by molar-refractivity contribution is 9.10. The summed E-state index contributed by atoms with van der Waals surface area (Å²) < 4.78 is 2.75. The molecule has 0 aliphatic carbocycles.